The summed E-state index contributed by atoms with van der Waals surface area (Å²) in [5.41, 5.74) is 3.02. The molecule has 3 aromatic rings. The van der Waals surface area contributed by atoms with Crippen LogP contribution in [0.5, 0.6) is 0 Å². The zero-order valence-corrected chi connectivity index (χ0v) is 15.0. The fourth-order valence-electron chi connectivity index (χ4n) is 2.29. The number of nitriles is 1. The first-order valence-corrected chi connectivity index (χ1v) is 8.76. The number of rotatable bonds is 4. The molecule has 0 aliphatic carbocycles. The highest BCUT2D eigenvalue weighted by Gasteiger charge is 2.10. The molecule has 0 unspecified atom stereocenters. The molecule has 0 bridgehead atoms. The summed E-state index contributed by atoms with van der Waals surface area (Å²) < 4.78 is 0. The van der Waals surface area contributed by atoms with Crippen LogP contribution in [0.15, 0.2) is 48.7 Å². The summed E-state index contributed by atoms with van der Waals surface area (Å²) >= 11 is 7.57. The first-order valence-electron chi connectivity index (χ1n) is 7.56. The number of halogens is 1. The third-order valence-corrected chi connectivity index (χ3v) is 4.96. The average Bonchev–Trinajstić information content (AvgIpc) is 3.05. The average molecular weight is 368 g/mol. The van der Waals surface area contributed by atoms with E-state index in [4.69, 9.17) is 16.9 Å². The van der Waals surface area contributed by atoms with Crippen LogP contribution in [0.4, 0.5) is 5.13 Å². The molecule has 25 heavy (non-hydrogen) atoms. The Labute approximate surface area is 154 Å². The van der Waals surface area contributed by atoms with Crippen molar-refractivity contribution in [2.45, 2.75) is 13.3 Å². The second-order valence-electron chi connectivity index (χ2n) is 5.54. The lowest BCUT2D eigenvalue weighted by molar-refractivity contribution is 0.102. The molecule has 0 saturated heterocycles. The number of nitrogens with zero attached hydrogens (tertiary/aromatic N) is 2. The van der Waals surface area contributed by atoms with E-state index >= 15 is 0 Å². The maximum absolute atomic E-state index is 12.3. The van der Waals surface area contributed by atoms with Gasteiger partial charge in [-0.1, -0.05) is 29.8 Å². The lowest BCUT2D eigenvalue weighted by Crippen LogP contribution is -2.11. The molecule has 4 nitrogen and oxygen atoms in total. The van der Waals surface area contributed by atoms with E-state index in [1.807, 2.05) is 31.2 Å². The summed E-state index contributed by atoms with van der Waals surface area (Å²) in [4.78, 5) is 17.5. The number of nitrogens with one attached hydrogen (secondary N) is 1. The van der Waals surface area contributed by atoms with Gasteiger partial charge in [0, 0.05) is 28.1 Å². The van der Waals surface area contributed by atoms with Gasteiger partial charge in [0.1, 0.15) is 0 Å². The molecule has 3 rings (SSSR count). The van der Waals surface area contributed by atoms with Gasteiger partial charge in [0.2, 0.25) is 0 Å². The van der Waals surface area contributed by atoms with Crippen LogP contribution >= 0.6 is 22.9 Å². The van der Waals surface area contributed by atoms with E-state index in [0.717, 1.165) is 21.0 Å². The van der Waals surface area contributed by atoms with Crippen molar-refractivity contribution < 1.29 is 4.79 Å². The maximum atomic E-state index is 12.3. The number of aromatic nitrogens is 1. The minimum atomic E-state index is -0.281. The Balaban J connectivity index is 1.69. The molecule has 0 atom stereocenters. The van der Waals surface area contributed by atoms with E-state index in [2.05, 4.69) is 10.3 Å². The SMILES string of the molecule is Cc1ccc(Cc2cnc(NC(=O)c3cccc(C#N)c3)s2)cc1Cl. The van der Waals surface area contributed by atoms with Crippen LogP contribution in [0.2, 0.25) is 5.02 Å². The molecule has 0 fully saturated rings. The smallest absolute Gasteiger partial charge is 0.257 e. The lowest BCUT2D eigenvalue weighted by Gasteiger charge is -2.02. The Bertz CT molecular complexity index is 975. The zero-order valence-electron chi connectivity index (χ0n) is 13.4. The van der Waals surface area contributed by atoms with Gasteiger partial charge in [-0.15, -0.1) is 11.3 Å². The van der Waals surface area contributed by atoms with E-state index < -0.39 is 0 Å². The van der Waals surface area contributed by atoms with Gasteiger partial charge in [0.25, 0.3) is 5.91 Å². The number of hydrogen-bond acceptors (Lipinski definition) is 4. The fraction of sp³-hybridized carbons (Fsp3) is 0.105. The second kappa shape index (κ2) is 7.47. The molecule has 2 aromatic carbocycles. The topological polar surface area (TPSA) is 65.8 Å². The number of carbonyl (C=O) groups excluding carboxylic acids is 1. The standard InChI is InChI=1S/C19H14ClN3OS/c1-12-5-6-13(9-17(12)20)8-16-11-22-19(25-16)23-18(24)15-4-2-3-14(7-15)10-21/h2-7,9,11H,8H2,1H3,(H,22,23,24). The lowest BCUT2D eigenvalue weighted by atomic mass is 10.1. The highest BCUT2D eigenvalue weighted by atomic mass is 35.5. The number of amides is 1. The molecule has 1 amide bonds. The highest BCUT2D eigenvalue weighted by Crippen LogP contribution is 2.24. The Morgan fingerprint density at radius 2 is 2.16 bits per heavy atom. The number of anilines is 1. The molecular weight excluding hydrogens is 354 g/mol. The predicted molar refractivity (Wildman–Crippen MR) is 100 cm³/mol. The summed E-state index contributed by atoms with van der Waals surface area (Å²) in [6.45, 7) is 1.97. The quantitative estimate of drug-likeness (QED) is 0.718. The minimum absolute atomic E-state index is 0.281. The molecule has 1 N–H and O–H groups in total. The van der Waals surface area contributed by atoms with Crippen LogP contribution in [-0.2, 0) is 6.42 Å². The monoisotopic (exact) mass is 367 g/mol. The molecule has 0 saturated carbocycles. The van der Waals surface area contributed by atoms with E-state index in [0.29, 0.717) is 22.7 Å². The van der Waals surface area contributed by atoms with Gasteiger partial charge in [0.05, 0.1) is 11.6 Å². The van der Waals surface area contributed by atoms with Crippen LogP contribution in [0, 0.1) is 18.3 Å². The summed E-state index contributed by atoms with van der Waals surface area (Å²) in [5, 5.41) is 13.0. The first-order chi connectivity index (χ1) is 12.0. The van der Waals surface area contributed by atoms with Gasteiger partial charge < -0.3 is 0 Å². The molecule has 124 valence electrons. The third-order valence-electron chi connectivity index (χ3n) is 3.64. The molecular formula is C19H14ClN3OS. The van der Waals surface area contributed by atoms with Crippen molar-refractivity contribution in [2.24, 2.45) is 0 Å². The van der Waals surface area contributed by atoms with Gasteiger partial charge in [-0.05, 0) is 42.3 Å². The normalized spacial score (nSPS) is 10.3. The zero-order chi connectivity index (χ0) is 17.8. The van der Waals surface area contributed by atoms with Gasteiger partial charge in [-0.25, -0.2) is 4.98 Å². The second-order valence-corrected chi connectivity index (χ2v) is 7.06. The van der Waals surface area contributed by atoms with Crippen molar-refractivity contribution in [3.05, 3.63) is 80.8 Å². The highest BCUT2D eigenvalue weighted by molar-refractivity contribution is 7.15. The number of carbonyl (C=O) groups is 1. The number of hydrogen-bond donors (Lipinski definition) is 1. The van der Waals surface area contributed by atoms with Crippen LogP contribution in [-0.4, -0.2) is 10.9 Å². The molecule has 0 radical (unpaired) electrons. The molecule has 1 aromatic heterocycles. The van der Waals surface area contributed by atoms with Crippen LogP contribution < -0.4 is 5.32 Å². The van der Waals surface area contributed by atoms with E-state index in [1.54, 1.807) is 30.5 Å². The summed E-state index contributed by atoms with van der Waals surface area (Å²) in [7, 11) is 0. The van der Waals surface area contributed by atoms with Crippen LogP contribution in [0.1, 0.15) is 31.9 Å². The van der Waals surface area contributed by atoms with E-state index in [1.165, 1.54) is 11.3 Å². The van der Waals surface area contributed by atoms with Gasteiger partial charge in [-0.2, -0.15) is 5.26 Å². The predicted octanol–water partition coefficient (Wildman–Crippen LogP) is 4.82. The third kappa shape index (κ3) is 4.24. The van der Waals surface area contributed by atoms with Crippen molar-refractivity contribution in [3.8, 4) is 6.07 Å². The minimum Gasteiger partial charge on any atom is -0.298 e. The molecule has 6 heteroatoms. The van der Waals surface area contributed by atoms with Crippen molar-refractivity contribution in [1.82, 2.24) is 4.98 Å². The van der Waals surface area contributed by atoms with Crippen molar-refractivity contribution in [2.75, 3.05) is 5.32 Å². The Hall–Kier alpha value is -2.68. The maximum Gasteiger partial charge on any atom is 0.257 e. The van der Waals surface area contributed by atoms with Crippen molar-refractivity contribution in [3.63, 3.8) is 0 Å². The van der Waals surface area contributed by atoms with Crippen LogP contribution in [0.25, 0.3) is 0 Å². The number of benzene rings is 2. The summed E-state index contributed by atoms with van der Waals surface area (Å²) in [6.07, 6.45) is 2.46. The Morgan fingerprint density at radius 1 is 1.32 bits per heavy atom. The molecule has 0 aliphatic rings. The van der Waals surface area contributed by atoms with Gasteiger partial charge in [0.15, 0.2) is 5.13 Å². The van der Waals surface area contributed by atoms with E-state index in [9.17, 15) is 4.79 Å². The summed E-state index contributed by atoms with van der Waals surface area (Å²) in [5.74, 6) is -0.281. The largest absolute Gasteiger partial charge is 0.298 e. The molecule has 0 spiro atoms. The van der Waals surface area contributed by atoms with E-state index in [-0.39, 0.29) is 5.91 Å². The van der Waals surface area contributed by atoms with Crippen LogP contribution in [0.3, 0.4) is 0 Å². The number of aryl methyl sites for hydroxylation is 1. The fourth-order valence-corrected chi connectivity index (χ4v) is 3.34. The molecule has 1 heterocycles. The molecule has 0 aliphatic heterocycles. The first kappa shape index (κ1) is 17.2. The number of thiazole rings is 1. The summed E-state index contributed by atoms with van der Waals surface area (Å²) in [6, 6.07) is 14.6. The Morgan fingerprint density at radius 3 is 2.92 bits per heavy atom. The van der Waals surface area contributed by atoms with Crippen molar-refractivity contribution in [1.29, 1.82) is 5.26 Å². The Kier molecular flexibility index (Phi) is 5.13. The van der Waals surface area contributed by atoms with Gasteiger partial charge in [-0.3, -0.25) is 10.1 Å². The van der Waals surface area contributed by atoms with Gasteiger partial charge >= 0.3 is 0 Å². The van der Waals surface area contributed by atoms with Crippen molar-refractivity contribution >= 4 is 34.0 Å².